The van der Waals surface area contributed by atoms with E-state index in [4.69, 9.17) is 10.4 Å². The maximum atomic E-state index is 11.8. The van der Waals surface area contributed by atoms with E-state index in [1.807, 2.05) is 10.8 Å². The number of hydrogen-bond acceptors (Lipinski definition) is 5. The summed E-state index contributed by atoms with van der Waals surface area (Å²) < 4.78 is 25.6. The zero-order valence-electron chi connectivity index (χ0n) is 9.71. The minimum absolute atomic E-state index is 0.126. The number of nitrogens with zero attached hydrogens (tertiary/aromatic N) is 2. The molecule has 2 N–H and O–H groups in total. The van der Waals surface area contributed by atoms with Gasteiger partial charge in [0, 0.05) is 6.20 Å². The molecule has 7 nitrogen and oxygen atoms in total. The minimum atomic E-state index is -4.00. The maximum Gasteiger partial charge on any atom is 0.321 e. The molecule has 0 saturated carbocycles. The molecule has 0 bridgehead atoms. The van der Waals surface area contributed by atoms with Crippen LogP contribution in [0.4, 0.5) is 0 Å². The van der Waals surface area contributed by atoms with Crippen molar-refractivity contribution < 1.29 is 18.3 Å². The Bertz CT molecular complexity index is 619. The first-order chi connectivity index (χ1) is 8.27. The molecule has 0 fully saturated rings. The number of nitriles is 1. The summed E-state index contributed by atoms with van der Waals surface area (Å²) in [6.07, 6.45) is 1.08. The predicted molar refractivity (Wildman–Crippen MR) is 61.1 cm³/mol. The second-order valence-electron chi connectivity index (χ2n) is 3.60. The van der Waals surface area contributed by atoms with Crippen LogP contribution in [-0.4, -0.2) is 30.5 Å². The van der Waals surface area contributed by atoms with E-state index in [9.17, 15) is 13.2 Å². The molecule has 1 aromatic heterocycles. The lowest BCUT2D eigenvalue weighted by molar-refractivity contribution is -0.138. The van der Waals surface area contributed by atoms with Gasteiger partial charge in [0.2, 0.25) is 10.0 Å². The predicted octanol–water partition coefficient (Wildman–Crippen LogP) is 0.0131. The van der Waals surface area contributed by atoms with Crippen molar-refractivity contribution in [3.63, 3.8) is 0 Å². The van der Waals surface area contributed by atoms with Gasteiger partial charge in [0.05, 0.1) is 11.3 Å². The molecule has 0 amide bonds. The number of carboxylic acid groups (broad SMARTS) is 1. The number of aryl methyl sites for hydroxylation is 1. The topological polar surface area (TPSA) is 120 Å². The fourth-order valence-electron chi connectivity index (χ4n) is 1.13. The molecule has 1 rings (SSSR count). The van der Waals surface area contributed by atoms with Crippen molar-refractivity contribution in [3.05, 3.63) is 23.5 Å². The van der Waals surface area contributed by atoms with E-state index in [1.165, 1.54) is 6.92 Å². The SMILES string of the molecule is Cc1ncc(S(=O)(=O)NC(C)C(=O)O)cc1C#N. The van der Waals surface area contributed by atoms with Gasteiger partial charge in [-0.15, -0.1) is 0 Å². The van der Waals surface area contributed by atoms with Crippen molar-refractivity contribution in [1.29, 1.82) is 5.26 Å². The van der Waals surface area contributed by atoms with Gasteiger partial charge in [-0.3, -0.25) is 9.78 Å². The fraction of sp³-hybridized carbons (Fsp3) is 0.300. The van der Waals surface area contributed by atoms with Gasteiger partial charge in [0.15, 0.2) is 0 Å². The highest BCUT2D eigenvalue weighted by atomic mass is 32.2. The van der Waals surface area contributed by atoms with Gasteiger partial charge in [-0.25, -0.2) is 8.42 Å². The van der Waals surface area contributed by atoms with Gasteiger partial charge in [-0.2, -0.15) is 9.98 Å². The molecular formula is C10H11N3O4S. The van der Waals surface area contributed by atoms with Gasteiger partial charge in [0.25, 0.3) is 0 Å². The Kier molecular flexibility index (Phi) is 4.00. The van der Waals surface area contributed by atoms with Crippen LogP contribution in [0.3, 0.4) is 0 Å². The number of sulfonamides is 1. The number of carbonyl (C=O) groups is 1. The molecule has 96 valence electrons. The standard InChI is InChI=1S/C10H11N3O4S/c1-6-8(4-11)3-9(5-12-6)18(16,17)13-7(2)10(14)15/h3,5,7,13H,1-2H3,(H,14,15). The molecule has 0 spiro atoms. The summed E-state index contributed by atoms with van der Waals surface area (Å²) >= 11 is 0. The Hall–Kier alpha value is -1.98. The van der Waals surface area contributed by atoms with E-state index in [-0.39, 0.29) is 10.5 Å². The van der Waals surface area contributed by atoms with E-state index in [0.29, 0.717) is 5.69 Å². The Morgan fingerprint density at radius 1 is 1.61 bits per heavy atom. The minimum Gasteiger partial charge on any atom is -0.480 e. The van der Waals surface area contributed by atoms with Crippen LogP contribution in [0.15, 0.2) is 17.2 Å². The van der Waals surface area contributed by atoms with Crippen LogP contribution in [0.5, 0.6) is 0 Å². The first-order valence-corrected chi connectivity index (χ1v) is 6.38. The van der Waals surface area contributed by atoms with Gasteiger partial charge in [0.1, 0.15) is 17.0 Å². The molecule has 1 unspecified atom stereocenters. The van der Waals surface area contributed by atoms with Crippen molar-refractivity contribution in [2.75, 3.05) is 0 Å². The van der Waals surface area contributed by atoms with E-state index in [0.717, 1.165) is 12.3 Å². The molecule has 0 aromatic carbocycles. The first kappa shape index (κ1) is 14.1. The lowest BCUT2D eigenvalue weighted by Crippen LogP contribution is -2.38. The second kappa shape index (κ2) is 5.12. The molecule has 0 radical (unpaired) electrons. The summed E-state index contributed by atoms with van der Waals surface area (Å²) in [6, 6.07) is 1.70. The summed E-state index contributed by atoms with van der Waals surface area (Å²) in [5, 5.41) is 17.4. The molecular weight excluding hydrogens is 258 g/mol. The number of aromatic nitrogens is 1. The Morgan fingerprint density at radius 2 is 2.22 bits per heavy atom. The molecule has 18 heavy (non-hydrogen) atoms. The molecule has 0 aliphatic heterocycles. The average Bonchev–Trinajstić information content (AvgIpc) is 2.28. The zero-order valence-corrected chi connectivity index (χ0v) is 10.5. The van der Waals surface area contributed by atoms with Crippen molar-refractivity contribution in [2.45, 2.75) is 24.8 Å². The molecule has 1 atom stereocenters. The van der Waals surface area contributed by atoms with Gasteiger partial charge in [-0.1, -0.05) is 0 Å². The molecule has 8 heteroatoms. The molecule has 0 aliphatic rings. The average molecular weight is 269 g/mol. The lowest BCUT2D eigenvalue weighted by atomic mass is 10.2. The van der Waals surface area contributed by atoms with Crippen molar-refractivity contribution in [1.82, 2.24) is 9.71 Å². The van der Waals surface area contributed by atoms with Gasteiger partial charge in [-0.05, 0) is 19.9 Å². The van der Waals surface area contributed by atoms with E-state index in [1.54, 1.807) is 6.92 Å². The van der Waals surface area contributed by atoms with E-state index in [2.05, 4.69) is 4.98 Å². The smallest absolute Gasteiger partial charge is 0.321 e. The van der Waals surface area contributed by atoms with Crippen LogP contribution < -0.4 is 4.72 Å². The number of hydrogen-bond donors (Lipinski definition) is 2. The van der Waals surface area contributed by atoms with Crippen LogP contribution in [-0.2, 0) is 14.8 Å². The van der Waals surface area contributed by atoms with Crippen LogP contribution >= 0.6 is 0 Å². The summed E-state index contributed by atoms with van der Waals surface area (Å²) in [5.41, 5.74) is 0.531. The molecule has 1 heterocycles. The van der Waals surface area contributed by atoms with Crippen LogP contribution in [0.25, 0.3) is 0 Å². The monoisotopic (exact) mass is 269 g/mol. The van der Waals surface area contributed by atoms with Crippen molar-refractivity contribution in [3.8, 4) is 6.07 Å². The highest BCUT2D eigenvalue weighted by molar-refractivity contribution is 7.89. The summed E-state index contributed by atoms with van der Waals surface area (Å²) in [6.45, 7) is 2.77. The highest BCUT2D eigenvalue weighted by Crippen LogP contribution is 2.12. The van der Waals surface area contributed by atoms with Gasteiger partial charge >= 0.3 is 5.97 Å². The Morgan fingerprint density at radius 3 is 2.72 bits per heavy atom. The summed E-state index contributed by atoms with van der Waals surface area (Å²) in [4.78, 5) is 14.1. The number of aliphatic carboxylic acids is 1. The maximum absolute atomic E-state index is 11.8. The lowest BCUT2D eigenvalue weighted by Gasteiger charge is -2.10. The molecule has 0 aliphatic carbocycles. The summed E-state index contributed by atoms with van der Waals surface area (Å²) in [7, 11) is -4.00. The fourth-order valence-corrected chi connectivity index (χ4v) is 2.29. The Balaban J connectivity index is 3.14. The second-order valence-corrected chi connectivity index (χ2v) is 5.31. The normalized spacial score (nSPS) is 12.7. The van der Waals surface area contributed by atoms with Crippen LogP contribution in [0.2, 0.25) is 0 Å². The van der Waals surface area contributed by atoms with Crippen molar-refractivity contribution >= 4 is 16.0 Å². The molecule has 1 aromatic rings. The van der Waals surface area contributed by atoms with Crippen molar-refractivity contribution in [2.24, 2.45) is 0 Å². The largest absolute Gasteiger partial charge is 0.480 e. The van der Waals surface area contributed by atoms with Crippen LogP contribution in [0, 0.1) is 18.3 Å². The number of carboxylic acids is 1. The number of pyridine rings is 1. The third kappa shape index (κ3) is 3.03. The third-order valence-electron chi connectivity index (χ3n) is 2.19. The summed E-state index contributed by atoms with van der Waals surface area (Å²) in [5.74, 6) is -1.29. The zero-order chi connectivity index (χ0) is 13.9. The Labute approximate surface area is 104 Å². The molecule has 0 saturated heterocycles. The number of rotatable bonds is 4. The van der Waals surface area contributed by atoms with Gasteiger partial charge < -0.3 is 5.11 Å². The van der Waals surface area contributed by atoms with Crippen LogP contribution in [0.1, 0.15) is 18.2 Å². The van der Waals surface area contributed by atoms with E-state index >= 15 is 0 Å². The van der Waals surface area contributed by atoms with E-state index < -0.39 is 22.0 Å². The highest BCUT2D eigenvalue weighted by Gasteiger charge is 2.22. The first-order valence-electron chi connectivity index (χ1n) is 4.90. The number of nitrogens with one attached hydrogen (secondary N) is 1. The quantitative estimate of drug-likeness (QED) is 0.794. The third-order valence-corrected chi connectivity index (χ3v) is 3.70.